The smallest absolute Gasteiger partial charge is 0.251 e. The van der Waals surface area contributed by atoms with E-state index < -0.39 is 0 Å². The molecular weight excluding hydrogens is 318 g/mol. The highest BCUT2D eigenvalue weighted by atomic mass is 35.5. The maximum atomic E-state index is 11.9. The summed E-state index contributed by atoms with van der Waals surface area (Å²) < 4.78 is 5.05. The van der Waals surface area contributed by atoms with Gasteiger partial charge in [-0.3, -0.25) is 9.59 Å². The molecule has 6 nitrogen and oxygen atoms in total. The van der Waals surface area contributed by atoms with Crippen molar-refractivity contribution in [3.05, 3.63) is 29.8 Å². The summed E-state index contributed by atoms with van der Waals surface area (Å²) in [7, 11) is 1.58. The van der Waals surface area contributed by atoms with Gasteiger partial charge in [0.15, 0.2) is 0 Å². The number of piperidine rings is 1. The third-order valence-electron chi connectivity index (χ3n) is 3.77. The minimum atomic E-state index is -0.154. The van der Waals surface area contributed by atoms with E-state index in [0.29, 0.717) is 24.4 Å². The van der Waals surface area contributed by atoms with Crippen molar-refractivity contribution >= 4 is 24.2 Å². The lowest BCUT2D eigenvalue weighted by Crippen LogP contribution is -2.41. The zero-order valence-electron chi connectivity index (χ0n) is 13.3. The van der Waals surface area contributed by atoms with Crippen molar-refractivity contribution in [3.8, 4) is 5.75 Å². The minimum Gasteiger partial charge on any atom is -0.497 e. The topological polar surface area (TPSA) is 79.5 Å². The average molecular weight is 342 g/mol. The van der Waals surface area contributed by atoms with Crippen LogP contribution in [0.2, 0.25) is 0 Å². The van der Waals surface area contributed by atoms with Crippen molar-refractivity contribution in [1.82, 2.24) is 16.0 Å². The Balaban J connectivity index is 0.00000264. The molecule has 1 aromatic rings. The highest BCUT2D eigenvalue weighted by molar-refractivity contribution is 5.94. The van der Waals surface area contributed by atoms with Gasteiger partial charge in [-0.05, 0) is 50.2 Å². The number of carbonyl (C=O) groups is 2. The quantitative estimate of drug-likeness (QED) is 0.673. The van der Waals surface area contributed by atoms with Gasteiger partial charge < -0.3 is 20.7 Å². The zero-order valence-corrected chi connectivity index (χ0v) is 14.1. The van der Waals surface area contributed by atoms with E-state index in [1.165, 1.54) is 0 Å². The molecular formula is C16H24ClN3O3. The van der Waals surface area contributed by atoms with E-state index in [2.05, 4.69) is 16.0 Å². The highest BCUT2D eigenvalue weighted by Crippen LogP contribution is 2.11. The van der Waals surface area contributed by atoms with Gasteiger partial charge in [0.05, 0.1) is 7.11 Å². The molecule has 3 N–H and O–H groups in total. The Bertz CT molecular complexity index is 502. The van der Waals surface area contributed by atoms with E-state index in [1.54, 1.807) is 31.4 Å². The SMILES string of the molecule is COc1ccc(C(=O)NCCNC(=O)C2CCNCC2)cc1.Cl. The van der Waals surface area contributed by atoms with Crippen LogP contribution in [0.4, 0.5) is 0 Å². The van der Waals surface area contributed by atoms with Crippen LogP contribution in [-0.2, 0) is 4.79 Å². The number of hydrogen-bond donors (Lipinski definition) is 3. The third-order valence-corrected chi connectivity index (χ3v) is 3.77. The second-order valence-corrected chi connectivity index (χ2v) is 5.30. The van der Waals surface area contributed by atoms with Gasteiger partial charge in [0.2, 0.25) is 5.91 Å². The molecule has 1 heterocycles. The number of rotatable bonds is 6. The Labute approximate surface area is 142 Å². The van der Waals surface area contributed by atoms with Crippen LogP contribution in [0, 0.1) is 5.92 Å². The van der Waals surface area contributed by atoms with Crippen molar-refractivity contribution in [1.29, 1.82) is 0 Å². The molecule has 23 heavy (non-hydrogen) atoms. The Morgan fingerprint density at radius 2 is 1.74 bits per heavy atom. The van der Waals surface area contributed by atoms with E-state index in [1.807, 2.05) is 0 Å². The molecule has 0 saturated carbocycles. The van der Waals surface area contributed by atoms with Gasteiger partial charge in [-0.2, -0.15) is 0 Å². The molecule has 1 aliphatic rings. The number of nitrogens with one attached hydrogen (secondary N) is 3. The monoisotopic (exact) mass is 341 g/mol. The fraction of sp³-hybridized carbons (Fsp3) is 0.500. The van der Waals surface area contributed by atoms with Crippen LogP contribution in [0.25, 0.3) is 0 Å². The molecule has 0 aromatic heterocycles. The highest BCUT2D eigenvalue weighted by Gasteiger charge is 2.20. The van der Waals surface area contributed by atoms with Crippen LogP contribution in [0.5, 0.6) is 5.75 Å². The standard InChI is InChI=1S/C16H23N3O3.ClH/c1-22-14-4-2-12(3-5-14)15(20)18-10-11-19-16(21)13-6-8-17-9-7-13;/h2-5,13,17H,6-11H2,1H3,(H,18,20)(H,19,21);1H. The molecule has 0 radical (unpaired) electrons. The Morgan fingerprint density at radius 1 is 1.13 bits per heavy atom. The van der Waals surface area contributed by atoms with E-state index in [4.69, 9.17) is 4.74 Å². The zero-order chi connectivity index (χ0) is 15.8. The first kappa shape index (κ1) is 19.3. The molecule has 0 atom stereocenters. The Kier molecular flexibility index (Phi) is 8.43. The first-order valence-corrected chi connectivity index (χ1v) is 7.61. The van der Waals surface area contributed by atoms with Gasteiger partial charge in [0.1, 0.15) is 5.75 Å². The number of methoxy groups -OCH3 is 1. The van der Waals surface area contributed by atoms with Crippen molar-refractivity contribution in [2.24, 2.45) is 5.92 Å². The molecule has 1 aromatic carbocycles. The number of halogens is 1. The number of amides is 2. The van der Waals surface area contributed by atoms with E-state index in [-0.39, 0.29) is 30.1 Å². The van der Waals surface area contributed by atoms with Gasteiger partial charge in [0.25, 0.3) is 5.91 Å². The number of benzene rings is 1. The van der Waals surface area contributed by atoms with Crippen LogP contribution in [0.1, 0.15) is 23.2 Å². The van der Waals surface area contributed by atoms with E-state index in [9.17, 15) is 9.59 Å². The molecule has 0 bridgehead atoms. The average Bonchev–Trinajstić information content (AvgIpc) is 2.59. The molecule has 0 unspecified atom stereocenters. The molecule has 1 aliphatic heterocycles. The van der Waals surface area contributed by atoms with Crippen molar-refractivity contribution < 1.29 is 14.3 Å². The lowest BCUT2D eigenvalue weighted by Gasteiger charge is -2.21. The normalized spacial score (nSPS) is 14.5. The van der Waals surface area contributed by atoms with Gasteiger partial charge >= 0.3 is 0 Å². The molecule has 128 valence electrons. The Hall–Kier alpha value is -1.79. The van der Waals surface area contributed by atoms with Crippen molar-refractivity contribution in [2.45, 2.75) is 12.8 Å². The predicted molar refractivity (Wildman–Crippen MR) is 91.2 cm³/mol. The van der Waals surface area contributed by atoms with Crippen LogP contribution in [-0.4, -0.2) is 45.1 Å². The summed E-state index contributed by atoms with van der Waals surface area (Å²) in [6.07, 6.45) is 1.76. The summed E-state index contributed by atoms with van der Waals surface area (Å²) in [5.41, 5.74) is 0.575. The van der Waals surface area contributed by atoms with Crippen LogP contribution in [0.15, 0.2) is 24.3 Å². The fourth-order valence-corrected chi connectivity index (χ4v) is 2.43. The van der Waals surface area contributed by atoms with Crippen molar-refractivity contribution in [3.63, 3.8) is 0 Å². The third kappa shape index (κ3) is 6.08. The fourth-order valence-electron chi connectivity index (χ4n) is 2.43. The molecule has 1 fully saturated rings. The van der Waals surface area contributed by atoms with E-state index in [0.717, 1.165) is 25.9 Å². The van der Waals surface area contributed by atoms with Gasteiger partial charge in [-0.1, -0.05) is 0 Å². The Morgan fingerprint density at radius 3 is 2.35 bits per heavy atom. The largest absolute Gasteiger partial charge is 0.497 e. The van der Waals surface area contributed by atoms with Crippen LogP contribution < -0.4 is 20.7 Å². The number of ether oxygens (including phenoxy) is 1. The summed E-state index contributed by atoms with van der Waals surface area (Å²) in [6, 6.07) is 6.91. The summed E-state index contributed by atoms with van der Waals surface area (Å²) >= 11 is 0. The molecule has 7 heteroatoms. The van der Waals surface area contributed by atoms with Gasteiger partial charge in [-0.25, -0.2) is 0 Å². The van der Waals surface area contributed by atoms with Gasteiger partial charge in [-0.15, -0.1) is 12.4 Å². The molecule has 0 aliphatic carbocycles. The lowest BCUT2D eigenvalue weighted by molar-refractivity contribution is -0.125. The maximum Gasteiger partial charge on any atom is 0.251 e. The first-order valence-electron chi connectivity index (χ1n) is 7.61. The van der Waals surface area contributed by atoms with E-state index >= 15 is 0 Å². The lowest BCUT2D eigenvalue weighted by atomic mass is 9.97. The summed E-state index contributed by atoms with van der Waals surface area (Å²) in [4.78, 5) is 23.8. The van der Waals surface area contributed by atoms with Crippen molar-refractivity contribution in [2.75, 3.05) is 33.3 Å². The molecule has 2 amide bonds. The maximum absolute atomic E-state index is 11.9. The van der Waals surface area contributed by atoms with Crippen LogP contribution in [0.3, 0.4) is 0 Å². The summed E-state index contributed by atoms with van der Waals surface area (Å²) in [6.45, 7) is 2.66. The molecule has 0 spiro atoms. The summed E-state index contributed by atoms with van der Waals surface area (Å²) in [5, 5.41) is 8.90. The van der Waals surface area contributed by atoms with Gasteiger partial charge in [0, 0.05) is 24.6 Å². The first-order chi connectivity index (χ1) is 10.7. The molecule has 1 saturated heterocycles. The second kappa shape index (κ2) is 10.1. The summed E-state index contributed by atoms with van der Waals surface area (Å²) in [5.74, 6) is 0.739. The number of carbonyl (C=O) groups excluding carboxylic acids is 2. The molecule has 2 rings (SSSR count). The second-order valence-electron chi connectivity index (χ2n) is 5.30. The number of hydrogen-bond acceptors (Lipinski definition) is 4. The predicted octanol–water partition coefficient (Wildman–Crippen LogP) is 0.963. The van der Waals surface area contributed by atoms with Crippen LogP contribution >= 0.6 is 12.4 Å². The minimum absolute atomic E-state index is 0.